The second kappa shape index (κ2) is 8.99. The van der Waals surface area contributed by atoms with Gasteiger partial charge in [0.1, 0.15) is 0 Å². The Balaban J connectivity index is 1.91. The first-order valence-corrected chi connectivity index (χ1v) is 8.44. The van der Waals surface area contributed by atoms with Gasteiger partial charge in [0, 0.05) is 23.4 Å². The molecule has 2 aromatic rings. The van der Waals surface area contributed by atoms with Gasteiger partial charge in [-0.25, -0.2) is 0 Å². The van der Waals surface area contributed by atoms with Gasteiger partial charge in [-0.15, -0.1) is 0 Å². The number of anilines is 1. The fourth-order valence-electron chi connectivity index (χ4n) is 2.27. The van der Waals surface area contributed by atoms with Crippen LogP contribution in [0.15, 0.2) is 54.6 Å². The van der Waals surface area contributed by atoms with E-state index in [1.807, 2.05) is 19.9 Å². The molecule has 2 amide bonds. The van der Waals surface area contributed by atoms with E-state index in [2.05, 4.69) is 10.6 Å². The summed E-state index contributed by atoms with van der Waals surface area (Å²) in [5, 5.41) is 15.4. The Morgan fingerprint density at radius 2 is 1.56 bits per heavy atom. The van der Waals surface area contributed by atoms with Crippen LogP contribution < -0.4 is 10.6 Å². The van der Waals surface area contributed by atoms with Gasteiger partial charge in [-0.3, -0.25) is 9.59 Å². The van der Waals surface area contributed by atoms with Crippen molar-refractivity contribution in [3.63, 3.8) is 0 Å². The van der Waals surface area contributed by atoms with Crippen molar-refractivity contribution in [2.45, 2.75) is 26.4 Å². The number of amides is 2. The van der Waals surface area contributed by atoms with E-state index in [4.69, 9.17) is 0 Å². The van der Waals surface area contributed by atoms with Crippen molar-refractivity contribution in [3.05, 3.63) is 65.7 Å². The normalized spacial score (nSPS) is 12.9. The maximum atomic E-state index is 12.1. The Morgan fingerprint density at radius 1 is 0.960 bits per heavy atom. The van der Waals surface area contributed by atoms with Crippen LogP contribution in [0.2, 0.25) is 0 Å². The second-order valence-corrected chi connectivity index (χ2v) is 6.06. The molecule has 2 unspecified atom stereocenters. The Labute approximate surface area is 148 Å². The van der Waals surface area contributed by atoms with E-state index in [9.17, 15) is 14.7 Å². The highest BCUT2D eigenvalue weighted by molar-refractivity contribution is 6.04. The van der Waals surface area contributed by atoms with Gasteiger partial charge in [0.05, 0.1) is 6.10 Å². The van der Waals surface area contributed by atoms with E-state index in [1.165, 1.54) is 0 Å². The number of carbonyl (C=O) groups excluding carboxylic acids is 2. The molecule has 3 N–H and O–H groups in total. The predicted molar refractivity (Wildman–Crippen MR) is 98.6 cm³/mol. The minimum atomic E-state index is -0.557. The van der Waals surface area contributed by atoms with Crippen LogP contribution in [-0.4, -0.2) is 29.6 Å². The molecular formula is C20H24N2O3. The maximum Gasteiger partial charge on any atom is 0.255 e. The van der Waals surface area contributed by atoms with E-state index in [1.54, 1.807) is 48.5 Å². The Kier molecular flexibility index (Phi) is 6.71. The van der Waals surface area contributed by atoms with Crippen molar-refractivity contribution in [1.82, 2.24) is 5.32 Å². The summed E-state index contributed by atoms with van der Waals surface area (Å²) in [6.45, 7) is 4.17. The molecule has 5 heteroatoms. The Hall–Kier alpha value is -2.66. The van der Waals surface area contributed by atoms with Crippen LogP contribution in [0, 0.1) is 5.92 Å². The number of aliphatic hydroxyl groups is 1. The summed E-state index contributed by atoms with van der Waals surface area (Å²) in [6.07, 6.45) is 0.297. The molecule has 2 rings (SSSR count). The number of benzene rings is 2. The standard InChI is InChI=1S/C20H24N2O3/c1-3-14(2)18(23)13-21-19(24)16-9-11-17(12-10-16)22-20(25)15-7-5-4-6-8-15/h4-12,14,18,23H,3,13H2,1-2H3,(H,21,24)(H,22,25). The van der Waals surface area contributed by atoms with E-state index < -0.39 is 6.10 Å². The Bertz CT molecular complexity index is 699. The number of hydrogen-bond donors (Lipinski definition) is 3. The monoisotopic (exact) mass is 340 g/mol. The summed E-state index contributed by atoms with van der Waals surface area (Å²) in [4.78, 5) is 24.2. The lowest BCUT2D eigenvalue weighted by Crippen LogP contribution is -2.35. The number of aliphatic hydroxyl groups excluding tert-OH is 1. The van der Waals surface area contributed by atoms with E-state index in [0.29, 0.717) is 16.8 Å². The molecule has 0 aliphatic rings. The summed E-state index contributed by atoms with van der Waals surface area (Å²) in [6, 6.07) is 15.6. The molecular weight excluding hydrogens is 316 g/mol. The summed E-state index contributed by atoms with van der Waals surface area (Å²) in [5.41, 5.74) is 1.67. The van der Waals surface area contributed by atoms with Crippen LogP contribution in [0.25, 0.3) is 0 Å². The minimum absolute atomic E-state index is 0.135. The fraction of sp³-hybridized carbons (Fsp3) is 0.300. The molecule has 132 valence electrons. The van der Waals surface area contributed by atoms with Crippen molar-refractivity contribution < 1.29 is 14.7 Å². The Morgan fingerprint density at radius 3 is 2.16 bits per heavy atom. The lowest BCUT2D eigenvalue weighted by Gasteiger charge is -2.17. The average molecular weight is 340 g/mol. The number of carbonyl (C=O) groups is 2. The molecule has 0 bridgehead atoms. The maximum absolute atomic E-state index is 12.1. The zero-order valence-corrected chi connectivity index (χ0v) is 14.5. The quantitative estimate of drug-likeness (QED) is 0.725. The highest BCUT2D eigenvalue weighted by atomic mass is 16.3. The van der Waals surface area contributed by atoms with Crippen LogP contribution in [0.4, 0.5) is 5.69 Å². The molecule has 2 atom stereocenters. The zero-order valence-electron chi connectivity index (χ0n) is 14.5. The third-order valence-corrected chi connectivity index (χ3v) is 4.21. The zero-order chi connectivity index (χ0) is 18.2. The van der Waals surface area contributed by atoms with Crippen LogP contribution in [0.5, 0.6) is 0 Å². The average Bonchev–Trinajstić information content (AvgIpc) is 2.66. The third kappa shape index (κ3) is 5.43. The smallest absolute Gasteiger partial charge is 0.255 e. The van der Waals surface area contributed by atoms with Crippen LogP contribution in [0.1, 0.15) is 41.0 Å². The molecule has 0 aliphatic heterocycles. The first kappa shape index (κ1) is 18.7. The molecule has 0 spiro atoms. The first-order chi connectivity index (χ1) is 12.0. The lowest BCUT2D eigenvalue weighted by atomic mass is 10.0. The van der Waals surface area contributed by atoms with Crippen molar-refractivity contribution in [1.29, 1.82) is 0 Å². The van der Waals surface area contributed by atoms with E-state index in [0.717, 1.165) is 6.42 Å². The van der Waals surface area contributed by atoms with Gasteiger partial charge in [0.25, 0.3) is 11.8 Å². The van der Waals surface area contributed by atoms with Crippen LogP contribution >= 0.6 is 0 Å². The number of hydrogen-bond acceptors (Lipinski definition) is 3. The van der Waals surface area contributed by atoms with E-state index >= 15 is 0 Å². The highest BCUT2D eigenvalue weighted by Crippen LogP contribution is 2.12. The molecule has 2 aromatic carbocycles. The molecule has 0 aliphatic carbocycles. The highest BCUT2D eigenvalue weighted by Gasteiger charge is 2.14. The molecule has 0 saturated carbocycles. The molecule has 25 heavy (non-hydrogen) atoms. The van der Waals surface area contributed by atoms with Gasteiger partial charge in [0.15, 0.2) is 0 Å². The largest absolute Gasteiger partial charge is 0.391 e. The molecule has 0 saturated heterocycles. The molecule has 0 heterocycles. The van der Waals surface area contributed by atoms with Gasteiger partial charge in [-0.2, -0.15) is 0 Å². The first-order valence-electron chi connectivity index (χ1n) is 8.44. The summed E-state index contributed by atoms with van der Waals surface area (Å²) < 4.78 is 0. The van der Waals surface area contributed by atoms with Crippen molar-refractivity contribution >= 4 is 17.5 Å². The second-order valence-electron chi connectivity index (χ2n) is 6.06. The lowest BCUT2D eigenvalue weighted by molar-refractivity contribution is 0.0850. The van der Waals surface area contributed by atoms with Gasteiger partial charge in [0.2, 0.25) is 0 Å². The molecule has 0 radical (unpaired) electrons. The fourth-order valence-corrected chi connectivity index (χ4v) is 2.27. The van der Waals surface area contributed by atoms with Crippen LogP contribution in [-0.2, 0) is 0 Å². The van der Waals surface area contributed by atoms with Gasteiger partial charge >= 0.3 is 0 Å². The van der Waals surface area contributed by atoms with Crippen LogP contribution in [0.3, 0.4) is 0 Å². The van der Waals surface area contributed by atoms with Crippen molar-refractivity contribution in [2.75, 3.05) is 11.9 Å². The van der Waals surface area contributed by atoms with E-state index in [-0.39, 0.29) is 24.3 Å². The summed E-state index contributed by atoms with van der Waals surface area (Å²) >= 11 is 0. The molecule has 0 aromatic heterocycles. The summed E-state index contributed by atoms with van der Waals surface area (Å²) in [7, 11) is 0. The molecule has 0 fully saturated rings. The number of rotatable bonds is 7. The minimum Gasteiger partial charge on any atom is -0.391 e. The van der Waals surface area contributed by atoms with Gasteiger partial charge < -0.3 is 15.7 Å². The van der Waals surface area contributed by atoms with Gasteiger partial charge in [-0.1, -0.05) is 38.5 Å². The third-order valence-electron chi connectivity index (χ3n) is 4.21. The van der Waals surface area contributed by atoms with Crippen molar-refractivity contribution in [3.8, 4) is 0 Å². The SMILES string of the molecule is CCC(C)C(O)CNC(=O)c1ccc(NC(=O)c2ccccc2)cc1. The number of nitrogens with one attached hydrogen (secondary N) is 2. The van der Waals surface area contributed by atoms with Gasteiger partial charge in [-0.05, 0) is 42.3 Å². The van der Waals surface area contributed by atoms with Crippen molar-refractivity contribution in [2.24, 2.45) is 5.92 Å². The predicted octanol–water partition coefficient (Wildman–Crippen LogP) is 3.08. The topological polar surface area (TPSA) is 78.4 Å². The molecule has 5 nitrogen and oxygen atoms in total. The summed E-state index contributed by atoms with van der Waals surface area (Å²) in [5.74, 6) is -0.311.